The van der Waals surface area contributed by atoms with Crippen molar-refractivity contribution in [2.24, 2.45) is 0 Å². The minimum Gasteiger partial charge on any atom is -0.507 e. The topological polar surface area (TPSA) is 110 Å². The van der Waals surface area contributed by atoms with E-state index >= 15 is 0 Å². The molecule has 1 aliphatic rings. The summed E-state index contributed by atoms with van der Waals surface area (Å²) in [7, 11) is 0. The minimum atomic E-state index is -0.666. The Morgan fingerprint density at radius 1 is 1.05 bits per heavy atom. The number of nitrogen functional groups attached to an aromatic ring is 1. The van der Waals surface area contributed by atoms with Crippen molar-refractivity contribution in [2.75, 3.05) is 12.5 Å². The summed E-state index contributed by atoms with van der Waals surface area (Å²) >= 11 is 0. The van der Waals surface area contributed by atoms with Gasteiger partial charge in [0.25, 0.3) is 0 Å². The van der Waals surface area contributed by atoms with E-state index in [1.807, 2.05) is 0 Å². The van der Waals surface area contributed by atoms with Crippen molar-refractivity contribution >= 4 is 17.3 Å². The Bertz CT molecular complexity index is 782. The standard InChI is InChI=1S/C15H11NO5/c16-13-10(21-6-17)5-9(18)11-12(13)15(20)8-4-2-1-3-7(8)14(11)19/h1-5,17-18H,6,16H2. The van der Waals surface area contributed by atoms with Crippen LogP contribution in [0.2, 0.25) is 0 Å². The van der Waals surface area contributed by atoms with Gasteiger partial charge in [-0.05, 0) is 0 Å². The van der Waals surface area contributed by atoms with Gasteiger partial charge in [0.1, 0.15) is 11.5 Å². The van der Waals surface area contributed by atoms with Crippen LogP contribution in [0, 0.1) is 0 Å². The largest absolute Gasteiger partial charge is 0.507 e. The SMILES string of the molecule is Nc1c(OCO)cc(O)c2c1C(=O)c1ccccc1C2=O. The molecule has 2 aromatic rings. The van der Waals surface area contributed by atoms with E-state index < -0.39 is 24.1 Å². The van der Waals surface area contributed by atoms with Crippen molar-refractivity contribution in [1.82, 2.24) is 0 Å². The number of aliphatic hydroxyl groups excluding tert-OH is 1. The van der Waals surface area contributed by atoms with Crippen molar-refractivity contribution < 1.29 is 24.5 Å². The van der Waals surface area contributed by atoms with E-state index in [0.29, 0.717) is 0 Å². The molecule has 0 saturated carbocycles. The van der Waals surface area contributed by atoms with Crippen molar-refractivity contribution in [3.05, 3.63) is 52.6 Å². The van der Waals surface area contributed by atoms with Gasteiger partial charge in [-0.25, -0.2) is 0 Å². The number of rotatable bonds is 2. The molecule has 2 aromatic carbocycles. The van der Waals surface area contributed by atoms with Gasteiger partial charge in [0.15, 0.2) is 18.4 Å². The first-order valence-electron chi connectivity index (χ1n) is 6.13. The van der Waals surface area contributed by atoms with Crippen LogP contribution in [0.3, 0.4) is 0 Å². The number of nitrogens with two attached hydrogens (primary N) is 1. The third-order valence-corrected chi connectivity index (χ3v) is 3.40. The lowest BCUT2D eigenvalue weighted by Crippen LogP contribution is -2.23. The molecule has 0 aliphatic heterocycles. The molecule has 0 radical (unpaired) electrons. The maximum atomic E-state index is 12.5. The number of aliphatic hydroxyl groups is 1. The Labute approximate surface area is 119 Å². The fourth-order valence-electron chi connectivity index (χ4n) is 2.46. The van der Waals surface area contributed by atoms with Crippen molar-refractivity contribution in [1.29, 1.82) is 0 Å². The molecule has 0 amide bonds. The van der Waals surface area contributed by atoms with Gasteiger partial charge in [0.2, 0.25) is 0 Å². The molecular weight excluding hydrogens is 274 g/mol. The van der Waals surface area contributed by atoms with Gasteiger partial charge in [0.05, 0.1) is 16.8 Å². The zero-order valence-electron chi connectivity index (χ0n) is 10.8. The number of hydrogen-bond donors (Lipinski definition) is 3. The highest BCUT2D eigenvalue weighted by molar-refractivity contribution is 6.31. The highest BCUT2D eigenvalue weighted by Gasteiger charge is 2.35. The van der Waals surface area contributed by atoms with Crippen LogP contribution in [0.4, 0.5) is 5.69 Å². The van der Waals surface area contributed by atoms with Crippen LogP contribution in [-0.4, -0.2) is 28.6 Å². The maximum absolute atomic E-state index is 12.5. The molecule has 106 valence electrons. The van der Waals surface area contributed by atoms with E-state index in [1.165, 1.54) is 12.1 Å². The summed E-state index contributed by atoms with van der Waals surface area (Å²) in [5.74, 6) is -1.39. The first kappa shape index (κ1) is 13.1. The Morgan fingerprint density at radius 2 is 1.62 bits per heavy atom. The van der Waals surface area contributed by atoms with E-state index in [4.69, 9.17) is 15.6 Å². The highest BCUT2D eigenvalue weighted by atomic mass is 16.6. The number of benzene rings is 2. The molecule has 0 aromatic heterocycles. The molecule has 0 saturated heterocycles. The van der Waals surface area contributed by atoms with Gasteiger partial charge in [-0.2, -0.15) is 0 Å². The predicted octanol–water partition coefficient (Wildman–Crippen LogP) is 1.08. The molecule has 1 aliphatic carbocycles. The minimum absolute atomic E-state index is 0.0470. The normalized spacial score (nSPS) is 12.8. The smallest absolute Gasteiger partial charge is 0.198 e. The number of aromatic hydroxyl groups is 1. The molecule has 6 nitrogen and oxygen atoms in total. The number of hydrogen-bond acceptors (Lipinski definition) is 6. The lowest BCUT2D eigenvalue weighted by molar-refractivity contribution is 0.0959. The van der Waals surface area contributed by atoms with Crippen LogP contribution >= 0.6 is 0 Å². The van der Waals surface area contributed by atoms with Gasteiger partial charge in [-0.1, -0.05) is 24.3 Å². The second-order valence-electron chi connectivity index (χ2n) is 4.53. The zero-order valence-corrected chi connectivity index (χ0v) is 10.8. The number of ether oxygens (including phenoxy) is 1. The number of phenols is 1. The summed E-state index contributed by atoms with van der Waals surface area (Å²) in [6, 6.07) is 7.43. The van der Waals surface area contributed by atoms with Gasteiger partial charge >= 0.3 is 0 Å². The molecule has 6 heteroatoms. The Hall–Kier alpha value is -2.86. The van der Waals surface area contributed by atoms with Crippen molar-refractivity contribution in [3.63, 3.8) is 0 Å². The third kappa shape index (κ3) is 1.77. The number of anilines is 1. The van der Waals surface area contributed by atoms with Gasteiger partial charge in [-0.3, -0.25) is 9.59 Å². The summed E-state index contributed by atoms with van der Waals surface area (Å²) in [5, 5.41) is 18.8. The number of phenolic OH excluding ortho intramolecular Hbond substituents is 1. The first-order chi connectivity index (χ1) is 10.1. The fraction of sp³-hybridized carbons (Fsp3) is 0.0667. The zero-order chi connectivity index (χ0) is 15.1. The molecule has 4 N–H and O–H groups in total. The van der Waals surface area contributed by atoms with Crippen molar-refractivity contribution in [2.45, 2.75) is 0 Å². The van der Waals surface area contributed by atoms with Crippen molar-refractivity contribution in [3.8, 4) is 11.5 Å². The second-order valence-corrected chi connectivity index (χ2v) is 4.53. The monoisotopic (exact) mass is 285 g/mol. The first-order valence-corrected chi connectivity index (χ1v) is 6.13. The Morgan fingerprint density at radius 3 is 2.19 bits per heavy atom. The lowest BCUT2D eigenvalue weighted by Gasteiger charge is -2.21. The molecule has 0 spiro atoms. The van der Waals surface area contributed by atoms with Crippen LogP contribution in [-0.2, 0) is 0 Å². The van der Waals surface area contributed by atoms with E-state index in [0.717, 1.165) is 6.07 Å². The summed E-state index contributed by atoms with van der Waals surface area (Å²) < 4.78 is 4.86. The molecule has 0 atom stereocenters. The average Bonchev–Trinajstić information content (AvgIpc) is 2.48. The Kier molecular flexibility index (Phi) is 2.88. The number of fused-ring (bicyclic) bond motifs is 2. The quantitative estimate of drug-likeness (QED) is 0.369. The van der Waals surface area contributed by atoms with Crippen LogP contribution < -0.4 is 10.5 Å². The van der Waals surface area contributed by atoms with Crippen LogP contribution in [0.1, 0.15) is 31.8 Å². The summed E-state index contributed by atoms with van der Waals surface area (Å²) in [6.07, 6.45) is 0. The summed E-state index contributed by atoms with van der Waals surface area (Å²) in [4.78, 5) is 25.0. The maximum Gasteiger partial charge on any atom is 0.198 e. The average molecular weight is 285 g/mol. The van der Waals surface area contributed by atoms with Gasteiger partial charge in [0, 0.05) is 17.2 Å². The molecular formula is C15H11NO5. The van der Waals surface area contributed by atoms with Gasteiger partial charge < -0.3 is 20.7 Å². The number of ketones is 2. The molecule has 0 heterocycles. The summed E-state index contributed by atoms with van der Waals surface area (Å²) in [6.45, 7) is -0.666. The third-order valence-electron chi connectivity index (χ3n) is 3.40. The van der Waals surface area contributed by atoms with Crippen LogP contribution in [0.25, 0.3) is 0 Å². The van der Waals surface area contributed by atoms with Gasteiger partial charge in [-0.15, -0.1) is 0 Å². The molecule has 0 fully saturated rings. The summed E-state index contributed by atoms with van der Waals surface area (Å²) in [5.41, 5.74) is 5.98. The molecule has 0 unspecified atom stereocenters. The van der Waals surface area contributed by atoms with Crippen LogP contribution in [0.15, 0.2) is 30.3 Å². The second kappa shape index (κ2) is 4.60. The van der Waals surface area contributed by atoms with E-state index in [1.54, 1.807) is 12.1 Å². The fourth-order valence-corrected chi connectivity index (χ4v) is 2.46. The number of carbonyl (C=O) groups excluding carboxylic acids is 2. The Balaban J connectivity index is 2.32. The molecule has 21 heavy (non-hydrogen) atoms. The molecule has 0 bridgehead atoms. The number of carbonyl (C=O) groups is 2. The molecule has 3 rings (SSSR count). The van der Waals surface area contributed by atoms with E-state index in [9.17, 15) is 14.7 Å². The van der Waals surface area contributed by atoms with E-state index in [2.05, 4.69) is 0 Å². The lowest BCUT2D eigenvalue weighted by atomic mass is 9.82. The highest BCUT2D eigenvalue weighted by Crippen LogP contribution is 2.40. The van der Waals surface area contributed by atoms with Crippen LogP contribution in [0.5, 0.6) is 11.5 Å². The van der Waals surface area contributed by atoms with E-state index in [-0.39, 0.29) is 33.7 Å². The predicted molar refractivity (Wildman–Crippen MR) is 73.5 cm³/mol.